The van der Waals surface area contributed by atoms with Crippen molar-refractivity contribution < 1.29 is 4.79 Å². The highest BCUT2D eigenvalue weighted by Crippen LogP contribution is 2.16. The molecule has 2 aromatic heterocycles. The Labute approximate surface area is 146 Å². The number of imidazole rings is 1. The number of aromatic nitrogens is 2. The summed E-state index contributed by atoms with van der Waals surface area (Å²) in [4.78, 5) is 17.5. The molecule has 0 aliphatic carbocycles. The summed E-state index contributed by atoms with van der Waals surface area (Å²) in [6.45, 7) is 6.60. The van der Waals surface area contributed by atoms with Crippen molar-refractivity contribution in [2.75, 3.05) is 0 Å². The molecule has 0 fully saturated rings. The van der Waals surface area contributed by atoms with Gasteiger partial charge in [-0.25, -0.2) is 4.98 Å². The molecule has 3 rings (SSSR count). The van der Waals surface area contributed by atoms with Crippen LogP contribution in [0, 0.1) is 13.8 Å². The molecular formula is C19H21N3OS. The molecule has 0 spiro atoms. The van der Waals surface area contributed by atoms with Gasteiger partial charge in [0.1, 0.15) is 5.82 Å². The smallest absolute Gasteiger partial charge is 0.261 e. The standard InChI is InChI=1S/C19H21N3OS/c1-4-17-21-14(3)12-22(17)16-7-5-15(6-8-16)11-20-19(23)18-13(2)9-10-24-18/h5-10,12H,4,11H2,1-3H3,(H,20,23). The lowest BCUT2D eigenvalue weighted by molar-refractivity contribution is 0.0954. The van der Waals surface area contributed by atoms with Crippen molar-refractivity contribution in [3.63, 3.8) is 0 Å². The van der Waals surface area contributed by atoms with Crippen LogP contribution < -0.4 is 5.32 Å². The maximum Gasteiger partial charge on any atom is 0.261 e. The molecule has 0 bridgehead atoms. The van der Waals surface area contributed by atoms with E-state index >= 15 is 0 Å². The Morgan fingerprint density at radius 2 is 1.96 bits per heavy atom. The van der Waals surface area contributed by atoms with Crippen LogP contribution >= 0.6 is 11.3 Å². The molecule has 24 heavy (non-hydrogen) atoms. The highest BCUT2D eigenvalue weighted by Gasteiger charge is 2.10. The lowest BCUT2D eigenvalue weighted by atomic mass is 10.2. The van der Waals surface area contributed by atoms with Gasteiger partial charge in [-0.05, 0) is 48.6 Å². The minimum Gasteiger partial charge on any atom is -0.347 e. The van der Waals surface area contributed by atoms with Crippen molar-refractivity contribution in [3.05, 3.63) is 69.4 Å². The SMILES string of the molecule is CCc1nc(C)cn1-c1ccc(CNC(=O)c2sccc2C)cc1. The van der Waals surface area contributed by atoms with E-state index in [2.05, 4.69) is 40.1 Å². The summed E-state index contributed by atoms with van der Waals surface area (Å²) in [6.07, 6.45) is 2.95. The first-order valence-corrected chi connectivity index (χ1v) is 8.93. The third-order valence-corrected chi connectivity index (χ3v) is 4.97. The molecule has 0 atom stereocenters. The predicted molar refractivity (Wildman–Crippen MR) is 97.9 cm³/mol. The van der Waals surface area contributed by atoms with E-state index in [9.17, 15) is 4.79 Å². The van der Waals surface area contributed by atoms with Crippen molar-refractivity contribution in [1.82, 2.24) is 14.9 Å². The van der Waals surface area contributed by atoms with Gasteiger partial charge in [-0.3, -0.25) is 4.79 Å². The maximum absolute atomic E-state index is 12.2. The topological polar surface area (TPSA) is 46.9 Å². The molecule has 0 unspecified atom stereocenters. The van der Waals surface area contributed by atoms with E-state index in [1.165, 1.54) is 11.3 Å². The Morgan fingerprint density at radius 3 is 2.58 bits per heavy atom. The number of rotatable bonds is 5. The first-order valence-electron chi connectivity index (χ1n) is 8.05. The molecule has 1 amide bonds. The molecule has 2 heterocycles. The van der Waals surface area contributed by atoms with Crippen LogP contribution in [0.2, 0.25) is 0 Å². The van der Waals surface area contributed by atoms with Crippen molar-refractivity contribution in [3.8, 4) is 5.69 Å². The Morgan fingerprint density at radius 1 is 1.21 bits per heavy atom. The van der Waals surface area contributed by atoms with Gasteiger partial charge in [0.15, 0.2) is 0 Å². The quantitative estimate of drug-likeness (QED) is 0.762. The molecule has 0 aliphatic rings. The van der Waals surface area contributed by atoms with E-state index < -0.39 is 0 Å². The van der Waals surface area contributed by atoms with Gasteiger partial charge in [-0.2, -0.15) is 0 Å². The zero-order valence-electron chi connectivity index (χ0n) is 14.2. The van der Waals surface area contributed by atoms with E-state index in [0.717, 1.165) is 39.6 Å². The molecular weight excluding hydrogens is 318 g/mol. The normalized spacial score (nSPS) is 10.8. The van der Waals surface area contributed by atoms with E-state index in [4.69, 9.17) is 0 Å². The molecule has 124 valence electrons. The Kier molecular flexibility index (Phi) is 4.81. The predicted octanol–water partition coefficient (Wildman–Crippen LogP) is 4.04. The second-order valence-corrected chi connectivity index (χ2v) is 6.72. The first kappa shape index (κ1) is 16.5. The Balaban J connectivity index is 1.69. The lowest BCUT2D eigenvalue weighted by Crippen LogP contribution is -2.22. The number of aryl methyl sites for hydroxylation is 3. The molecule has 1 N–H and O–H groups in total. The molecule has 3 aromatic rings. The maximum atomic E-state index is 12.2. The average Bonchev–Trinajstić information content (AvgIpc) is 3.18. The summed E-state index contributed by atoms with van der Waals surface area (Å²) < 4.78 is 2.12. The second-order valence-electron chi connectivity index (χ2n) is 5.80. The Hall–Kier alpha value is -2.40. The van der Waals surface area contributed by atoms with Crippen LogP contribution in [0.5, 0.6) is 0 Å². The number of benzene rings is 1. The monoisotopic (exact) mass is 339 g/mol. The van der Waals surface area contributed by atoms with Crippen LogP contribution in [-0.4, -0.2) is 15.5 Å². The van der Waals surface area contributed by atoms with Gasteiger partial charge in [0.05, 0.1) is 10.6 Å². The number of nitrogens with one attached hydrogen (secondary N) is 1. The van der Waals surface area contributed by atoms with Crippen LogP contribution in [0.15, 0.2) is 41.9 Å². The van der Waals surface area contributed by atoms with Crippen molar-refractivity contribution >= 4 is 17.2 Å². The average molecular weight is 339 g/mol. The highest BCUT2D eigenvalue weighted by atomic mass is 32.1. The second kappa shape index (κ2) is 7.01. The minimum absolute atomic E-state index is 0.00919. The number of hydrogen-bond donors (Lipinski definition) is 1. The fourth-order valence-corrected chi connectivity index (χ4v) is 3.50. The van der Waals surface area contributed by atoms with E-state index in [-0.39, 0.29) is 5.91 Å². The van der Waals surface area contributed by atoms with Gasteiger partial charge in [0.2, 0.25) is 0 Å². The van der Waals surface area contributed by atoms with E-state index in [1.807, 2.05) is 37.4 Å². The van der Waals surface area contributed by atoms with Crippen LogP contribution in [0.4, 0.5) is 0 Å². The van der Waals surface area contributed by atoms with Gasteiger partial charge in [0.25, 0.3) is 5.91 Å². The van der Waals surface area contributed by atoms with E-state index in [0.29, 0.717) is 6.54 Å². The molecule has 0 aliphatic heterocycles. The van der Waals surface area contributed by atoms with Gasteiger partial charge < -0.3 is 9.88 Å². The molecule has 4 nitrogen and oxygen atoms in total. The third-order valence-electron chi connectivity index (χ3n) is 3.95. The van der Waals surface area contributed by atoms with Gasteiger partial charge >= 0.3 is 0 Å². The Bertz CT molecular complexity index is 846. The molecule has 0 saturated carbocycles. The van der Waals surface area contributed by atoms with E-state index in [1.54, 1.807) is 0 Å². The minimum atomic E-state index is -0.00919. The van der Waals surface area contributed by atoms with Crippen LogP contribution in [0.25, 0.3) is 5.69 Å². The van der Waals surface area contributed by atoms with Crippen LogP contribution in [0.1, 0.15) is 39.2 Å². The summed E-state index contributed by atoms with van der Waals surface area (Å²) in [6, 6.07) is 10.2. The molecule has 0 radical (unpaired) electrons. The third kappa shape index (κ3) is 3.41. The number of amides is 1. The molecule has 1 aromatic carbocycles. The number of carbonyl (C=O) groups is 1. The summed E-state index contributed by atoms with van der Waals surface area (Å²) in [7, 11) is 0. The van der Waals surface area contributed by atoms with Gasteiger partial charge in [0, 0.05) is 24.8 Å². The highest BCUT2D eigenvalue weighted by molar-refractivity contribution is 7.12. The van der Waals surface area contributed by atoms with Gasteiger partial charge in [-0.15, -0.1) is 11.3 Å². The van der Waals surface area contributed by atoms with Crippen LogP contribution in [-0.2, 0) is 13.0 Å². The number of carbonyl (C=O) groups excluding carboxylic acids is 1. The first-order chi connectivity index (χ1) is 11.6. The van der Waals surface area contributed by atoms with Crippen molar-refractivity contribution in [2.24, 2.45) is 0 Å². The fraction of sp³-hybridized carbons (Fsp3) is 0.263. The summed E-state index contributed by atoms with van der Waals surface area (Å²) in [5.41, 5.74) is 4.22. The number of thiophene rings is 1. The van der Waals surface area contributed by atoms with Crippen molar-refractivity contribution in [1.29, 1.82) is 0 Å². The lowest BCUT2D eigenvalue weighted by Gasteiger charge is -2.09. The number of hydrogen-bond acceptors (Lipinski definition) is 3. The molecule has 5 heteroatoms. The number of nitrogens with zero attached hydrogens (tertiary/aromatic N) is 2. The van der Waals surface area contributed by atoms with Gasteiger partial charge in [-0.1, -0.05) is 19.1 Å². The summed E-state index contributed by atoms with van der Waals surface area (Å²) >= 11 is 1.48. The fourth-order valence-electron chi connectivity index (χ4n) is 2.66. The summed E-state index contributed by atoms with van der Waals surface area (Å²) in [5, 5.41) is 4.92. The summed E-state index contributed by atoms with van der Waals surface area (Å²) in [5.74, 6) is 1.05. The zero-order chi connectivity index (χ0) is 17.1. The molecule has 0 saturated heterocycles. The zero-order valence-corrected chi connectivity index (χ0v) is 15.0. The van der Waals surface area contributed by atoms with Crippen LogP contribution in [0.3, 0.4) is 0 Å². The largest absolute Gasteiger partial charge is 0.347 e. The van der Waals surface area contributed by atoms with Crippen molar-refractivity contribution in [2.45, 2.75) is 33.7 Å².